The van der Waals surface area contributed by atoms with Crippen LogP contribution in [0.3, 0.4) is 0 Å². The second-order valence-corrected chi connectivity index (χ2v) is 8.09. The average Bonchev–Trinajstić information content (AvgIpc) is 2.69. The van der Waals surface area contributed by atoms with E-state index in [1.165, 1.54) is 0 Å². The molecule has 1 amide bonds. The number of carbonyl (C=O) groups is 1. The zero-order valence-electron chi connectivity index (χ0n) is 15.1. The lowest BCUT2D eigenvalue weighted by Crippen LogP contribution is -2.38. The molecule has 1 fully saturated rings. The molecule has 2 aromatic rings. The van der Waals surface area contributed by atoms with E-state index in [2.05, 4.69) is 33.0 Å². The summed E-state index contributed by atoms with van der Waals surface area (Å²) in [6.07, 6.45) is 1.25. The van der Waals surface area contributed by atoms with E-state index in [0.717, 1.165) is 59.4 Å². The van der Waals surface area contributed by atoms with E-state index in [1.807, 2.05) is 30.3 Å². The first-order valence-corrected chi connectivity index (χ1v) is 10.1. The summed E-state index contributed by atoms with van der Waals surface area (Å²) in [7, 11) is 0. The summed E-state index contributed by atoms with van der Waals surface area (Å²) in [5.74, 6) is 0.737. The molecule has 2 aromatic carbocycles. The Morgan fingerprint density at radius 2 is 1.93 bits per heavy atom. The van der Waals surface area contributed by atoms with Gasteiger partial charge in [-0.1, -0.05) is 46.3 Å². The smallest absolute Gasteiger partial charge is 0.227 e. The lowest BCUT2D eigenvalue weighted by molar-refractivity contribution is -0.123. The maximum Gasteiger partial charge on any atom is 0.227 e. The highest BCUT2D eigenvalue weighted by Crippen LogP contribution is 2.38. The molecule has 2 N–H and O–H groups in total. The van der Waals surface area contributed by atoms with Gasteiger partial charge in [0, 0.05) is 33.6 Å². The highest BCUT2D eigenvalue weighted by molar-refractivity contribution is 9.10. The number of hydrogen-bond donors (Lipinski definition) is 1. The maximum atomic E-state index is 11.4. The molecule has 2 aliphatic heterocycles. The van der Waals surface area contributed by atoms with Crippen LogP contribution >= 0.6 is 15.9 Å². The van der Waals surface area contributed by atoms with Gasteiger partial charge in [-0.25, -0.2) is 0 Å². The number of ether oxygens (including phenoxy) is 2. The Hall–Kier alpha value is -1.89. The largest absolute Gasteiger partial charge is 0.460 e. The number of halogens is 1. The topological polar surface area (TPSA) is 64.8 Å². The molecule has 142 valence electrons. The minimum Gasteiger partial charge on any atom is -0.460 e. The fourth-order valence-corrected chi connectivity index (χ4v) is 4.34. The van der Waals surface area contributed by atoms with Gasteiger partial charge in [-0.05, 0) is 38.1 Å². The van der Waals surface area contributed by atoms with Gasteiger partial charge < -0.3 is 15.2 Å². The summed E-state index contributed by atoms with van der Waals surface area (Å²) in [6.45, 7) is 3.04. The third-order valence-corrected chi connectivity index (χ3v) is 5.74. The van der Waals surface area contributed by atoms with Crippen molar-refractivity contribution in [1.29, 1.82) is 0 Å². The van der Waals surface area contributed by atoms with E-state index in [1.54, 1.807) is 0 Å². The number of hydrogen-bond acceptors (Lipinski definition) is 4. The molecule has 2 heterocycles. The highest BCUT2D eigenvalue weighted by Gasteiger charge is 2.27. The van der Waals surface area contributed by atoms with Crippen LogP contribution in [0.2, 0.25) is 0 Å². The number of likely N-dealkylation sites (tertiary alicyclic amines) is 1. The van der Waals surface area contributed by atoms with Gasteiger partial charge in [0.25, 0.3) is 0 Å². The molecule has 0 bridgehead atoms. The molecule has 0 aromatic heterocycles. The predicted molar refractivity (Wildman–Crippen MR) is 106 cm³/mol. The summed E-state index contributed by atoms with van der Waals surface area (Å²) >= 11 is 3.60. The van der Waals surface area contributed by atoms with Crippen molar-refractivity contribution in [3.8, 4) is 5.75 Å². The normalized spacial score (nSPS) is 20.7. The molecule has 0 spiro atoms. The predicted octanol–water partition coefficient (Wildman–Crippen LogP) is 3.75. The fourth-order valence-electron chi connectivity index (χ4n) is 3.79. The van der Waals surface area contributed by atoms with Crippen LogP contribution in [0, 0.1) is 5.92 Å². The van der Waals surface area contributed by atoms with Crippen LogP contribution in [0.4, 0.5) is 0 Å². The quantitative estimate of drug-likeness (QED) is 0.801. The number of carbonyl (C=O) groups excluding carboxylic acids is 1. The molecule has 2 aliphatic rings. The van der Waals surface area contributed by atoms with Gasteiger partial charge in [0.2, 0.25) is 12.2 Å². The van der Waals surface area contributed by atoms with Gasteiger partial charge in [0.15, 0.2) is 0 Å². The summed E-state index contributed by atoms with van der Waals surface area (Å²) in [6, 6.07) is 14.2. The monoisotopic (exact) mass is 430 g/mol. The van der Waals surface area contributed by atoms with Crippen molar-refractivity contribution in [3.05, 3.63) is 63.6 Å². The number of rotatable bonds is 4. The van der Waals surface area contributed by atoms with Gasteiger partial charge >= 0.3 is 0 Å². The number of fused-ring (bicyclic) bond motifs is 1. The van der Waals surface area contributed by atoms with Crippen LogP contribution in [0.1, 0.15) is 35.8 Å². The zero-order valence-corrected chi connectivity index (χ0v) is 16.7. The van der Waals surface area contributed by atoms with Crippen molar-refractivity contribution in [2.24, 2.45) is 11.7 Å². The van der Waals surface area contributed by atoms with E-state index in [9.17, 15) is 4.79 Å². The first-order valence-electron chi connectivity index (χ1n) is 9.26. The molecule has 5 nitrogen and oxygen atoms in total. The zero-order chi connectivity index (χ0) is 18.8. The van der Waals surface area contributed by atoms with Crippen molar-refractivity contribution in [2.45, 2.75) is 32.3 Å². The van der Waals surface area contributed by atoms with Crippen molar-refractivity contribution in [1.82, 2.24) is 4.90 Å². The van der Waals surface area contributed by atoms with Crippen molar-refractivity contribution < 1.29 is 14.3 Å². The van der Waals surface area contributed by atoms with Crippen LogP contribution in [0.25, 0.3) is 0 Å². The molecule has 0 radical (unpaired) electrons. The summed E-state index contributed by atoms with van der Waals surface area (Å²) in [4.78, 5) is 13.7. The molecule has 0 saturated carbocycles. The van der Waals surface area contributed by atoms with Crippen molar-refractivity contribution >= 4 is 21.8 Å². The van der Waals surface area contributed by atoms with Gasteiger partial charge in [-0.3, -0.25) is 9.69 Å². The number of amides is 1. The Morgan fingerprint density at radius 3 is 2.63 bits per heavy atom. The van der Waals surface area contributed by atoms with Crippen LogP contribution in [0.5, 0.6) is 5.75 Å². The molecule has 1 atom stereocenters. The third-order valence-electron chi connectivity index (χ3n) is 5.28. The van der Waals surface area contributed by atoms with Crippen LogP contribution in [-0.2, 0) is 22.7 Å². The fraction of sp³-hybridized carbons (Fsp3) is 0.381. The SMILES string of the molecule is NC(=O)C1CCN(Cc2cc(Br)cc3c2OC(c2ccccc2)OC3)CC1. The number of nitrogens with zero attached hydrogens (tertiary/aromatic N) is 1. The Kier molecular flexibility index (Phi) is 5.48. The van der Waals surface area contributed by atoms with Gasteiger partial charge in [-0.2, -0.15) is 0 Å². The highest BCUT2D eigenvalue weighted by atomic mass is 79.9. The van der Waals surface area contributed by atoms with E-state index in [0.29, 0.717) is 6.61 Å². The number of nitrogens with two attached hydrogens (primary N) is 1. The molecule has 27 heavy (non-hydrogen) atoms. The standard InChI is InChI=1S/C21H23BrN2O3/c22-18-10-16(12-24-8-6-14(7-9-24)20(23)25)19-17(11-18)13-26-21(27-19)15-4-2-1-3-5-15/h1-5,10-11,14,21H,6-9,12-13H2,(H2,23,25). The van der Waals surface area contributed by atoms with Crippen molar-refractivity contribution in [2.75, 3.05) is 13.1 Å². The maximum absolute atomic E-state index is 11.4. The summed E-state index contributed by atoms with van der Waals surface area (Å²) < 4.78 is 13.2. The second-order valence-electron chi connectivity index (χ2n) is 7.18. The van der Waals surface area contributed by atoms with Gasteiger partial charge in [0.05, 0.1) is 6.61 Å². The van der Waals surface area contributed by atoms with E-state index < -0.39 is 0 Å². The Bertz CT molecular complexity index is 820. The molecular weight excluding hydrogens is 408 g/mol. The molecule has 1 saturated heterocycles. The van der Waals surface area contributed by atoms with E-state index in [-0.39, 0.29) is 18.1 Å². The van der Waals surface area contributed by atoms with E-state index in [4.69, 9.17) is 15.2 Å². The van der Waals surface area contributed by atoms with Crippen molar-refractivity contribution in [3.63, 3.8) is 0 Å². The Balaban J connectivity index is 1.52. The van der Waals surface area contributed by atoms with Crippen LogP contribution in [-0.4, -0.2) is 23.9 Å². The summed E-state index contributed by atoms with van der Waals surface area (Å²) in [5.41, 5.74) is 8.66. The lowest BCUT2D eigenvalue weighted by atomic mass is 9.96. The number of primary amides is 1. The summed E-state index contributed by atoms with van der Waals surface area (Å²) in [5, 5.41) is 0. The van der Waals surface area contributed by atoms with Gasteiger partial charge in [-0.15, -0.1) is 0 Å². The number of piperidine rings is 1. The molecule has 0 aliphatic carbocycles. The first kappa shape index (κ1) is 18.5. The first-order chi connectivity index (χ1) is 13.1. The van der Waals surface area contributed by atoms with E-state index >= 15 is 0 Å². The Morgan fingerprint density at radius 1 is 1.19 bits per heavy atom. The lowest BCUT2D eigenvalue weighted by Gasteiger charge is -2.33. The Labute approximate surface area is 167 Å². The minimum absolute atomic E-state index is 0.00443. The van der Waals surface area contributed by atoms with Crippen LogP contribution < -0.4 is 10.5 Å². The third kappa shape index (κ3) is 4.18. The molecular formula is C21H23BrN2O3. The average molecular weight is 431 g/mol. The molecule has 6 heteroatoms. The van der Waals surface area contributed by atoms with Gasteiger partial charge in [0.1, 0.15) is 5.75 Å². The van der Waals surface area contributed by atoms with Crippen LogP contribution in [0.15, 0.2) is 46.9 Å². The second kappa shape index (κ2) is 8.00. The molecule has 4 rings (SSSR count). The number of benzene rings is 2. The minimum atomic E-state index is -0.390. The molecule has 1 unspecified atom stereocenters.